The number of halogens is 1. The number of methoxy groups -OCH3 is 1. The molecule has 0 aliphatic rings. The van der Waals surface area contributed by atoms with E-state index in [1.54, 1.807) is 18.2 Å². The molecular weight excluding hydrogens is 255 g/mol. The molecule has 0 saturated heterocycles. The first-order valence-corrected chi connectivity index (χ1v) is 6.21. The zero-order chi connectivity index (χ0) is 13.5. The van der Waals surface area contributed by atoms with Gasteiger partial charge in [0.05, 0.1) is 12.7 Å². The Hall–Kier alpha value is -1.62. The minimum Gasteiger partial charge on any atom is -0.465 e. The summed E-state index contributed by atoms with van der Waals surface area (Å²) in [6.07, 6.45) is 3.50. The van der Waals surface area contributed by atoms with E-state index in [1.165, 1.54) is 37.9 Å². The molecule has 0 atom stereocenters. The van der Waals surface area contributed by atoms with Crippen molar-refractivity contribution in [2.24, 2.45) is 0 Å². The molecule has 0 N–H and O–H groups in total. The molecule has 0 fully saturated rings. The van der Waals surface area contributed by atoms with E-state index < -0.39 is 11.8 Å². The van der Waals surface area contributed by atoms with Crippen LogP contribution >= 0.6 is 11.8 Å². The van der Waals surface area contributed by atoms with Crippen LogP contribution in [0.5, 0.6) is 0 Å². The lowest BCUT2D eigenvalue weighted by molar-refractivity contribution is -0.109. The van der Waals surface area contributed by atoms with Crippen LogP contribution in [-0.4, -0.2) is 23.9 Å². The number of rotatable bonds is 4. The van der Waals surface area contributed by atoms with Crippen molar-refractivity contribution in [3.8, 4) is 0 Å². The molecular formula is C13H13FO3S. The van der Waals surface area contributed by atoms with E-state index in [2.05, 4.69) is 4.74 Å². The first kappa shape index (κ1) is 14.4. The minimum atomic E-state index is -0.708. The van der Waals surface area contributed by atoms with Gasteiger partial charge in [-0.05, 0) is 17.7 Å². The monoisotopic (exact) mass is 268 g/mol. The van der Waals surface area contributed by atoms with Gasteiger partial charge in [-0.1, -0.05) is 30.0 Å². The van der Waals surface area contributed by atoms with Crippen LogP contribution in [0, 0.1) is 5.82 Å². The van der Waals surface area contributed by atoms with Crippen molar-refractivity contribution in [1.29, 1.82) is 0 Å². The van der Waals surface area contributed by atoms with E-state index in [0.29, 0.717) is 11.3 Å². The molecule has 18 heavy (non-hydrogen) atoms. The van der Waals surface area contributed by atoms with Gasteiger partial charge in [-0.3, -0.25) is 4.79 Å². The van der Waals surface area contributed by atoms with Crippen LogP contribution in [0.15, 0.2) is 24.3 Å². The van der Waals surface area contributed by atoms with Gasteiger partial charge in [-0.2, -0.15) is 0 Å². The summed E-state index contributed by atoms with van der Waals surface area (Å²) < 4.78 is 17.8. The Morgan fingerprint density at radius 2 is 2.17 bits per heavy atom. The van der Waals surface area contributed by atoms with Gasteiger partial charge in [-0.25, -0.2) is 9.18 Å². The van der Waals surface area contributed by atoms with Gasteiger partial charge in [0.25, 0.3) is 0 Å². The number of ether oxygens (including phenoxy) is 1. The molecule has 5 heteroatoms. The second-order valence-corrected chi connectivity index (χ2v) is 4.63. The maximum atomic E-state index is 13.3. The number of hydrogen-bond donors (Lipinski definition) is 0. The highest BCUT2D eigenvalue weighted by Gasteiger charge is 2.11. The van der Waals surface area contributed by atoms with Crippen molar-refractivity contribution in [2.45, 2.75) is 6.92 Å². The number of carbonyl (C=O) groups is 2. The molecule has 96 valence electrons. The van der Waals surface area contributed by atoms with Crippen LogP contribution in [0.2, 0.25) is 0 Å². The van der Waals surface area contributed by atoms with Crippen LogP contribution in [0.3, 0.4) is 0 Å². The summed E-state index contributed by atoms with van der Waals surface area (Å²) in [5, 5.41) is 0.0361. The predicted octanol–water partition coefficient (Wildman–Crippen LogP) is 2.91. The highest BCUT2D eigenvalue weighted by molar-refractivity contribution is 8.13. The molecule has 0 aromatic heterocycles. The molecule has 0 radical (unpaired) electrons. The third-order valence-electron chi connectivity index (χ3n) is 2.09. The molecule has 0 aliphatic carbocycles. The lowest BCUT2D eigenvalue weighted by Gasteiger charge is -2.02. The summed E-state index contributed by atoms with van der Waals surface area (Å²) in [6.45, 7) is 1.49. The Labute approximate surface area is 109 Å². The summed E-state index contributed by atoms with van der Waals surface area (Å²) in [5.41, 5.74) is 0.583. The summed E-state index contributed by atoms with van der Waals surface area (Å²) >= 11 is 1.18. The minimum absolute atomic E-state index is 0.0361. The maximum absolute atomic E-state index is 13.3. The molecule has 1 aromatic rings. The Bertz CT molecular complexity index is 483. The third kappa shape index (κ3) is 4.33. The summed E-state index contributed by atoms with van der Waals surface area (Å²) in [5.74, 6) is -0.779. The number of thioether (sulfide) groups is 1. The Morgan fingerprint density at radius 3 is 2.78 bits per heavy atom. The molecule has 1 rings (SSSR count). The number of esters is 1. The predicted molar refractivity (Wildman–Crippen MR) is 69.9 cm³/mol. The van der Waals surface area contributed by atoms with Crippen LogP contribution in [0.4, 0.5) is 4.39 Å². The zero-order valence-electron chi connectivity index (χ0n) is 10.1. The van der Waals surface area contributed by atoms with Crippen molar-refractivity contribution in [3.63, 3.8) is 0 Å². The SMILES string of the molecule is COC(=O)c1cc(C=CCSC(C)=O)ccc1F. The first-order chi connectivity index (χ1) is 8.54. The van der Waals surface area contributed by atoms with Crippen LogP contribution in [0.25, 0.3) is 6.08 Å². The van der Waals surface area contributed by atoms with Crippen molar-refractivity contribution in [1.82, 2.24) is 0 Å². The maximum Gasteiger partial charge on any atom is 0.340 e. The zero-order valence-corrected chi connectivity index (χ0v) is 10.9. The van der Waals surface area contributed by atoms with Crippen LogP contribution < -0.4 is 0 Å². The van der Waals surface area contributed by atoms with Gasteiger partial charge in [0, 0.05) is 12.7 Å². The average Bonchev–Trinajstić information content (AvgIpc) is 2.35. The lowest BCUT2D eigenvalue weighted by Crippen LogP contribution is -2.04. The number of hydrogen-bond acceptors (Lipinski definition) is 4. The molecule has 3 nitrogen and oxygen atoms in total. The first-order valence-electron chi connectivity index (χ1n) is 5.22. The largest absolute Gasteiger partial charge is 0.465 e. The fraction of sp³-hybridized carbons (Fsp3) is 0.231. The molecule has 0 aliphatic heterocycles. The normalized spacial score (nSPS) is 10.6. The van der Waals surface area contributed by atoms with Crippen molar-refractivity contribution < 1.29 is 18.7 Å². The smallest absolute Gasteiger partial charge is 0.340 e. The lowest BCUT2D eigenvalue weighted by atomic mass is 10.1. The van der Waals surface area contributed by atoms with Crippen LogP contribution in [0.1, 0.15) is 22.8 Å². The standard InChI is InChI=1S/C13H13FO3S/c1-9(15)18-7-3-4-10-5-6-12(14)11(8-10)13(16)17-2/h3-6,8H,7H2,1-2H3. The summed E-state index contributed by atoms with van der Waals surface area (Å²) in [4.78, 5) is 22.0. The molecule has 0 unspecified atom stereocenters. The highest BCUT2D eigenvalue weighted by Crippen LogP contribution is 2.13. The molecule has 0 heterocycles. The molecule has 0 spiro atoms. The quantitative estimate of drug-likeness (QED) is 0.787. The average molecular weight is 268 g/mol. The van der Waals surface area contributed by atoms with E-state index >= 15 is 0 Å². The summed E-state index contributed by atoms with van der Waals surface area (Å²) in [6, 6.07) is 4.18. The Morgan fingerprint density at radius 1 is 1.44 bits per heavy atom. The fourth-order valence-electron chi connectivity index (χ4n) is 1.26. The van der Waals surface area contributed by atoms with E-state index in [0.717, 1.165) is 0 Å². The molecule has 0 saturated carbocycles. The van der Waals surface area contributed by atoms with E-state index in [-0.39, 0.29) is 10.7 Å². The molecule has 1 aromatic carbocycles. The highest BCUT2D eigenvalue weighted by atomic mass is 32.2. The van der Waals surface area contributed by atoms with Crippen LogP contribution in [-0.2, 0) is 9.53 Å². The van der Waals surface area contributed by atoms with E-state index in [4.69, 9.17) is 0 Å². The fourth-order valence-corrected chi connectivity index (χ4v) is 1.69. The van der Waals surface area contributed by atoms with Crippen molar-refractivity contribution in [2.75, 3.05) is 12.9 Å². The second kappa shape index (κ2) is 6.96. The molecule has 0 bridgehead atoms. The van der Waals surface area contributed by atoms with Crippen molar-refractivity contribution in [3.05, 3.63) is 41.2 Å². The van der Waals surface area contributed by atoms with Gasteiger partial charge in [0.1, 0.15) is 5.82 Å². The summed E-state index contributed by atoms with van der Waals surface area (Å²) in [7, 11) is 1.20. The number of carbonyl (C=O) groups excluding carboxylic acids is 2. The topological polar surface area (TPSA) is 43.4 Å². The van der Waals surface area contributed by atoms with Gasteiger partial charge >= 0.3 is 5.97 Å². The van der Waals surface area contributed by atoms with E-state index in [1.807, 2.05) is 0 Å². The van der Waals surface area contributed by atoms with Gasteiger partial charge < -0.3 is 4.74 Å². The Kier molecular flexibility index (Phi) is 5.58. The van der Waals surface area contributed by atoms with Crippen molar-refractivity contribution >= 4 is 28.9 Å². The van der Waals surface area contributed by atoms with Gasteiger partial charge in [0.15, 0.2) is 5.12 Å². The second-order valence-electron chi connectivity index (χ2n) is 3.44. The Balaban J connectivity index is 2.79. The van der Waals surface area contributed by atoms with E-state index in [9.17, 15) is 14.0 Å². The van der Waals surface area contributed by atoms with Gasteiger partial charge in [0.2, 0.25) is 0 Å². The number of benzene rings is 1. The van der Waals surface area contributed by atoms with Gasteiger partial charge in [-0.15, -0.1) is 0 Å². The third-order valence-corrected chi connectivity index (χ3v) is 2.85. The molecule has 0 amide bonds.